The summed E-state index contributed by atoms with van der Waals surface area (Å²) in [5.41, 5.74) is -0.498. The highest BCUT2D eigenvalue weighted by Crippen LogP contribution is 2.38. The number of alkyl halides is 3. The fourth-order valence-corrected chi connectivity index (χ4v) is 2.49. The van der Waals surface area contributed by atoms with Crippen molar-refractivity contribution in [3.63, 3.8) is 0 Å². The van der Waals surface area contributed by atoms with Crippen LogP contribution < -0.4 is 4.74 Å². The maximum atomic E-state index is 13.6. The van der Waals surface area contributed by atoms with Gasteiger partial charge in [-0.1, -0.05) is 42.5 Å². The van der Waals surface area contributed by atoms with Gasteiger partial charge < -0.3 is 19.3 Å². The van der Waals surface area contributed by atoms with Gasteiger partial charge in [0.2, 0.25) is 0 Å². The molecule has 2 rings (SSSR count). The molecule has 27 heavy (non-hydrogen) atoms. The van der Waals surface area contributed by atoms with Crippen LogP contribution in [0.4, 0.5) is 13.2 Å². The summed E-state index contributed by atoms with van der Waals surface area (Å²) in [5.74, 6) is 0.564. The van der Waals surface area contributed by atoms with Crippen LogP contribution in [0, 0.1) is 0 Å². The van der Waals surface area contributed by atoms with Crippen LogP contribution in [-0.4, -0.2) is 32.3 Å². The molecule has 2 unspecified atom stereocenters. The van der Waals surface area contributed by atoms with E-state index in [0.717, 1.165) is 6.08 Å². The van der Waals surface area contributed by atoms with Gasteiger partial charge in [0.15, 0.2) is 0 Å². The minimum Gasteiger partial charge on any atom is -0.497 e. The molecule has 0 amide bonds. The number of aliphatic hydroxyl groups is 1. The first kappa shape index (κ1) is 21.0. The summed E-state index contributed by atoms with van der Waals surface area (Å²) in [7, 11) is 2.87. The lowest BCUT2D eigenvalue weighted by atomic mass is 9.97. The fourth-order valence-electron chi connectivity index (χ4n) is 2.49. The minimum atomic E-state index is -4.74. The first-order chi connectivity index (χ1) is 12.9. The van der Waals surface area contributed by atoms with Crippen LogP contribution >= 0.6 is 0 Å². The van der Waals surface area contributed by atoms with E-state index >= 15 is 0 Å². The number of rotatable bonds is 8. The summed E-state index contributed by atoms with van der Waals surface area (Å²) in [6, 6.07) is 14.1. The van der Waals surface area contributed by atoms with Crippen molar-refractivity contribution in [2.45, 2.75) is 18.4 Å². The molecule has 0 heterocycles. The Morgan fingerprint density at radius 2 is 1.63 bits per heavy atom. The SMILES string of the molecule is COCOC(/C=C(/C(O)c1ccccc1)C(F)(F)F)c1ccc(OC)cc1. The van der Waals surface area contributed by atoms with Gasteiger partial charge in [0.05, 0.1) is 12.7 Å². The van der Waals surface area contributed by atoms with E-state index in [1.165, 1.54) is 26.4 Å². The molecule has 0 radical (unpaired) electrons. The molecule has 0 bridgehead atoms. The molecule has 7 heteroatoms. The molecule has 4 nitrogen and oxygen atoms in total. The van der Waals surface area contributed by atoms with Gasteiger partial charge >= 0.3 is 6.18 Å². The number of halogens is 3. The molecule has 0 saturated heterocycles. The van der Waals surface area contributed by atoms with Crippen molar-refractivity contribution in [1.29, 1.82) is 0 Å². The summed E-state index contributed by atoms with van der Waals surface area (Å²) in [5, 5.41) is 10.3. The number of hydrogen-bond acceptors (Lipinski definition) is 4. The number of aliphatic hydroxyl groups excluding tert-OH is 1. The van der Waals surface area contributed by atoms with Gasteiger partial charge in [-0.05, 0) is 29.3 Å². The van der Waals surface area contributed by atoms with E-state index in [2.05, 4.69) is 0 Å². The number of hydrogen-bond donors (Lipinski definition) is 1. The number of ether oxygens (including phenoxy) is 3. The van der Waals surface area contributed by atoms with Gasteiger partial charge in [-0.15, -0.1) is 0 Å². The summed E-state index contributed by atoms with van der Waals surface area (Å²) < 4.78 is 56.2. The second-order valence-electron chi connectivity index (χ2n) is 5.70. The molecule has 0 saturated carbocycles. The van der Waals surface area contributed by atoms with E-state index < -0.39 is 24.0 Å². The summed E-state index contributed by atoms with van der Waals surface area (Å²) in [6.45, 7) is -0.209. The van der Waals surface area contributed by atoms with Crippen molar-refractivity contribution in [3.8, 4) is 5.75 Å². The standard InChI is InChI=1S/C20H21F3O4/c1-25-13-27-18(14-8-10-16(26-2)11-9-14)12-17(20(21,22)23)19(24)15-6-4-3-5-7-15/h3-12,18-19,24H,13H2,1-2H3/b17-12-. The molecular weight excluding hydrogens is 361 g/mol. The Balaban J connectivity index is 2.43. The van der Waals surface area contributed by atoms with E-state index in [-0.39, 0.29) is 12.4 Å². The van der Waals surface area contributed by atoms with Gasteiger partial charge in [-0.2, -0.15) is 13.2 Å². The van der Waals surface area contributed by atoms with Gasteiger partial charge in [0.25, 0.3) is 0 Å². The van der Waals surface area contributed by atoms with Crippen LogP contribution in [0.15, 0.2) is 66.2 Å². The summed E-state index contributed by atoms with van der Waals surface area (Å²) in [4.78, 5) is 0. The van der Waals surface area contributed by atoms with Gasteiger partial charge in [-0.25, -0.2) is 0 Å². The van der Waals surface area contributed by atoms with Gasteiger partial charge in [0, 0.05) is 7.11 Å². The Bertz CT molecular complexity index is 727. The van der Waals surface area contributed by atoms with Crippen molar-refractivity contribution in [3.05, 3.63) is 77.4 Å². The maximum absolute atomic E-state index is 13.6. The van der Waals surface area contributed by atoms with Gasteiger partial charge in [0.1, 0.15) is 24.8 Å². The van der Waals surface area contributed by atoms with E-state index in [1.54, 1.807) is 42.5 Å². The number of methoxy groups -OCH3 is 2. The molecule has 0 aliphatic carbocycles. The van der Waals surface area contributed by atoms with E-state index in [9.17, 15) is 18.3 Å². The Labute approximate surface area is 155 Å². The minimum absolute atomic E-state index is 0.140. The van der Waals surface area contributed by atoms with E-state index in [1.807, 2.05) is 0 Å². The van der Waals surface area contributed by atoms with Gasteiger partial charge in [-0.3, -0.25) is 0 Å². The monoisotopic (exact) mass is 382 g/mol. The van der Waals surface area contributed by atoms with Crippen LogP contribution in [0.1, 0.15) is 23.3 Å². The summed E-state index contributed by atoms with van der Waals surface area (Å²) >= 11 is 0. The largest absolute Gasteiger partial charge is 0.497 e. The number of benzene rings is 2. The lowest BCUT2D eigenvalue weighted by molar-refractivity contribution is -0.109. The van der Waals surface area contributed by atoms with Crippen molar-refractivity contribution >= 4 is 0 Å². The molecule has 1 N–H and O–H groups in total. The quantitative estimate of drug-likeness (QED) is 0.536. The molecule has 2 aromatic carbocycles. The first-order valence-electron chi connectivity index (χ1n) is 8.13. The highest BCUT2D eigenvalue weighted by atomic mass is 19.4. The first-order valence-corrected chi connectivity index (χ1v) is 8.13. The third-order valence-electron chi connectivity index (χ3n) is 3.88. The second kappa shape index (κ2) is 9.55. The predicted octanol–water partition coefficient (Wildman–Crippen LogP) is 4.58. The van der Waals surface area contributed by atoms with Crippen LogP contribution in [-0.2, 0) is 9.47 Å². The Morgan fingerprint density at radius 3 is 2.15 bits per heavy atom. The van der Waals surface area contributed by atoms with Crippen LogP contribution in [0.5, 0.6) is 5.75 Å². The molecule has 2 atom stereocenters. The molecule has 0 aromatic heterocycles. The van der Waals surface area contributed by atoms with E-state index in [4.69, 9.17) is 14.2 Å². The van der Waals surface area contributed by atoms with Crippen LogP contribution in [0.25, 0.3) is 0 Å². The second-order valence-corrected chi connectivity index (χ2v) is 5.70. The lowest BCUT2D eigenvalue weighted by Crippen LogP contribution is -2.20. The zero-order valence-corrected chi connectivity index (χ0v) is 14.9. The molecule has 0 aliphatic heterocycles. The zero-order valence-electron chi connectivity index (χ0n) is 14.9. The Hall–Kier alpha value is -2.35. The van der Waals surface area contributed by atoms with E-state index in [0.29, 0.717) is 11.3 Å². The topological polar surface area (TPSA) is 47.9 Å². The molecular formula is C20H21F3O4. The van der Waals surface area contributed by atoms with Crippen LogP contribution in [0.3, 0.4) is 0 Å². The molecule has 0 spiro atoms. The molecule has 2 aromatic rings. The average molecular weight is 382 g/mol. The molecule has 0 aliphatic rings. The average Bonchev–Trinajstić information content (AvgIpc) is 2.67. The lowest BCUT2D eigenvalue weighted by Gasteiger charge is -2.22. The van der Waals surface area contributed by atoms with Crippen LogP contribution in [0.2, 0.25) is 0 Å². The van der Waals surface area contributed by atoms with Crippen molar-refractivity contribution in [1.82, 2.24) is 0 Å². The third-order valence-corrected chi connectivity index (χ3v) is 3.88. The Kier molecular flexibility index (Phi) is 7.41. The Morgan fingerprint density at radius 1 is 1.00 bits per heavy atom. The normalized spacial score (nSPS) is 14.7. The third kappa shape index (κ3) is 5.82. The smallest absolute Gasteiger partial charge is 0.415 e. The molecule has 0 fully saturated rings. The maximum Gasteiger partial charge on any atom is 0.415 e. The zero-order chi connectivity index (χ0) is 19.9. The fraction of sp³-hybridized carbons (Fsp3) is 0.300. The van der Waals surface area contributed by atoms with Crippen molar-refractivity contribution in [2.75, 3.05) is 21.0 Å². The highest BCUT2D eigenvalue weighted by Gasteiger charge is 2.39. The predicted molar refractivity (Wildman–Crippen MR) is 94.2 cm³/mol. The molecule has 146 valence electrons. The summed E-state index contributed by atoms with van der Waals surface area (Å²) in [6.07, 6.45) is -6.77. The van der Waals surface area contributed by atoms with Crippen molar-refractivity contribution in [2.24, 2.45) is 0 Å². The highest BCUT2D eigenvalue weighted by molar-refractivity contribution is 5.34. The van der Waals surface area contributed by atoms with Crippen molar-refractivity contribution < 1.29 is 32.5 Å².